The number of hydrogen-bond acceptors (Lipinski definition) is 3. The van der Waals surface area contributed by atoms with E-state index in [-0.39, 0.29) is 27.0 Å². The van der Waals surface area contributed by atoms with Crippen LogP contribution in [0.4, 0.5) is 0 Å². The maximum absolute atomic E-state index is 6.66. The molecule has 11 aromatic rings. The second-order valence-corrected chi connectivity index (χ2v) is 19.7. The van der Waals surface area contributed by atoms with Gasteiger partial charge in [-0.05, 0) is 119 Å². The van der Waals surface area contributed by atoms with Crippen molar-refractivity contribution in [2.75, 3.05) is 0 Å². The zero-order valence-electron chi connectivity index (χ0n) is 38.9. The van der Waals surface area contributed by atoms with Gasteiger partial charge in [0.15, 0.2) is 0 Å². The van der Waals surface area contributed by atoms with Crippen LogP contribution in [0.2, 0.25) is 0 Å². The Balaban J connectivity index is 0.00000494. The number of rotatable bonds is 7. The zero-order valence-corrected chi connectivity index (χ0v) is 41.1. The Morgan fingerprint density at radius 3 is 2.21 bits per heavy atom. The van der Waals surface area contributed by atoms with Crippen LogP contribution in [0, 0.1) is 31.4 Å². The van der Waals surface area contributed by atoms with Crippen molar-refractivity contribution in [1.82, 2.24) is 19.1 Å². The minimum absolute atomic E-state index is 0. The fourth-order valence-corrected chi connectivity index (χ4v) is 11.0. The van der Waals surface area contributed by atoms with Crippen LogP contribution in [0.1, 0.15) is 87.5 Å². The van der Waals surface area contributed by atoms with Crippen molar-refractivity contribution in [3.8, 4) is 45.3 Å². The number of benzene rings is 7. The molecule has 0 bridgehead atoms. The van der Waals surface area contributed by atoms with Gasteiger partial charge >= 0.3 is 21.1 Å². The van der Waals surface area contributed by atoms with E-state index in [1.54, 1.807) is 0 Å². The number of para-hydroxylation sites is 5. The summed E-state index contributed by atoms with van der Waals surface area (Å²) in [7, 11) is 0. The molecule has 332 valence electrons. The van der Waals surface area contributed by atoms with Gasteiger partial charge in [0.25, 0.3) is 0 Å². The van der Waals surface area contributed by atoms with Crippen LogP contribution < -0.4 is 0 Å². The molecule has 0 amide bonds. The summed E-state index contributed by atoms with van der Waals surface area (Å²) in [6, 6.07) is 59.4. The van der Waals surface area contributed by atoms with Crippen molar-refractivity contribution in [3.05, 3.63) is 180 Å². The van der Waals surface area contributed by atoms with Gasteiger partial charge in [-0.3, -0.25) is 9.55 Å². The van der Waals surface area contributed by atoms with Crippen LogP contribution in [0.5, 0.6) is 0 Å². The van der Waals surface area contributed by atoms with Gasteiger partial charge < -0.3 is 8.98 Å². The maximum atomic E-state index is 6.66. The van der Waals surface area contributed by atoms with Gasteiger partial charge in [-0.2, -0.15) is 24.3 Å². The van der Waals surface area contributed by atoms with E-state index in [9.17, 15) is 0 Å². The number of pyridine rings is 1. The summed E-state index contributed by atoms with van der Waals surface area (Å²) in [5, 5.41) is 4.45. The van der Waals surface area contributed by atoms with Gasteiger partial charge in [0.05, 0.1) is 22.5 Å². The molecule has 0 aliphatic heterocycles. The van der Waals surface area contributed by atoms with E-state index in [4.69, 9.17) is 14.4 Å². The Morgan fingerprint density at radius 1 is 0.672 bits per heavy atom. The Morgan fingerprint density at radius 2 is 1.40 bits per heavy atom. The van der Waals surface area contributed by atoms with Crippen LogP contribution >= 0.6 is 0 Å². The molecule has 0 saturated heterocycles. The van der Waals surface area contributed by atoms with Gasteiger partial charge in [-0.25, -0.2) is 4.98 Å². The number of furan rings is 1. The molecule has 4 aromatic heterocycles. The summed E-state index contributed by atoms with van der Waals surface area (Å²) < 4.78 is 11.4. The first-order valence-electron chi connectivity index (χ1n) is 23.6. The van der Waals surface area contributed by atoms with E-state index in [1.165, 1.54) is 47.8 Å². The van der Waals surface area contributed by atoms with Crippen molar-refractivity contribution in [2.24, 2.45) is 5.41 Å². The van der Waals surface area contributed by atoms with E-state index >= 15 is 0 Å². The van der Waals surface area contributed by atoms with Crippen LogP contribution in [0.25, 0.3) is 100 Å². The number of hydrogen-bond donors (Lipinski definition) is 0. The van der Waals surface area contributed by atoms with E-state index in [0.29, 0.717) is 11.3 Å². The smallest absolute Gasteiger partial charge is 0.501 e. The Kier molecular flexibility index (Phi) is 10.7. The first kappa shape index (κ1) is 43.0. The number of nitrogens with zero attached hydrogens (tertiary/aromatic N) is 4. The molecule has 0 unspecified atom stereocenters. The summed E-state index contributed by atoms with van der Waals surface area (Å²) in [5.41, 5.74) is 17.9. The van der Waals surface area contributed by atoms with E-state index in [1.807, 2.05) is 24.3 Å². The molecular weight excluding hydrogens is 1000 g/mol. The van der Waals surface area contributed by atoms with Gasteiger partial charge in [0.1, 0.15) is 11.1 Å². The molecule has 0 spiro atoms. The summed E-state index contributed by atoms with van der Waals surface area (Å²) in [5.74, 6) is 1.68. The van der Waals surface area contributed by atoms with E-state index in [2.05, 4.69) is 184 Å². The first-order chi connectivity index (χ1) is 32.1. The molecule has 12 rings (SSSR count). The summed E-state index contributed by atoms with van der Waals surface area (Å²) >= 11 is 0. The topological polar surface area (TPSA) is 48.8 Å². The largest absolute Gasteiger partial charge is 2.00 e. The third-order valence-corrected chi connectivity index (χ3v) is 14.6. The van der Waals surface area contributed by atoms with Crippen molar-refractivity contribution in [2.45, 2.75) is 79.1 Å². The fourth-order valence-electron chi connectivity index (χ4n) is 11.0. The molecule has 1 fully saturated rings. The van der Waals surface area contributed by atoms with E-state index < -0.39 is 0 Å². The summed E-state index contributed by atoms with van der Waals surface area (Å²) in [6.45, 7) is 13.8. The third kappa shape index (κ3) is 7.08. The van der Waals surface area contributed by atoms with Crippen molar-refractivity contribution < 1.29 is 25.5 Å². The molecule has 1 saturated carbocycles. The molecule has 1 aliphatic carbocycles. The maximum Gasteiger partial charge on any atom is 2.00 e. The normalized spacial score (nSPS) is 14.3. The van der Waals surface area contributed by atoms with Gasteiger partial charge in [-0.15, -0.1) is 23.6 Å². The van der Waals surface area contributed by atoms with Crippen molar-refractivity contribution in [1.29, 1.82) is 0 Å². The average molecular weight is 1050 g/mol. The minimum atomic E-state index is 0. The second-order valence-electron chi connectivity index (χ2n) is 19.7. The number of aryl methyl sites for hydroxylation is 1. The van der Waals surface area contributed by atoms with Crippen molar-refractivity contribution >= 4 is 54.8 Å². The SMILES string of the molecule is Cc1cccc(C(C)C)c1-n1c(-n2c3[c-]cccc3c3ccccc32)nc2c(-c3nc(-c4[c-]ccc5c4oc4ccccc45)cc(-c4ccc(C5CCC(C)(C)CC5)cc4)c3C)cccc21.[Pt+2]. The Bertz CT molecular complexity index is 3630. The second kappa shape index (κ2) is 16.6. The van der Waals surface area contributed by atoms with Gasteiger partial charge in [-0.1, -0.05) is 141 Å². The molecule has 5 nitrogen and oxygen atoms in total. The molecule has 67 heavy (non-hydrogen) atoms. The van der Waals surface area contributed by atoms with E-state index in [0.717, 1.165) is 100 Å². The molecule has 4 heterocycles. The first-order valence-corrected chi connectivity index (χ1v) is 23.6. The van der Waals surface area contributed by atoms with Crippen molar-refractivity contribution in [3.63, 3.8) is 0 Å². The van der Waals surface area contributed by atoms with Crippen LogP contribution in [0.3, 0.4) is 0 Å². The van der Waals surface area contributed by atoms with Crippen LogP contribution in [-0.2, 0) is 21.1 Å². The fraction of sp³-hybridized carbons (Fsp3) is 0.213. The standard InChI is InChI=1S/C61H52N4O.Pt/c1-37(2)43-20-13-16-38(3)58(43)65-54-26-15-23-49(57(54)63-60(65)64-52-24-10-7-17-44(52)45-18-8-11-25-53(45)64)56-39(4)50(42-30-28-40(29-31-42)41-32-34-61(5,6)35-33-41)36-51(62-56)48-22-14-21-47-46-19-9-12-27-55(46)66-59(47)48;/h7-21,23-24,26-31,36-37,41H,32-35H2,1-6H3;/q-2;+2. The molecule has 0 atom stereocenters. The predicted octanol–water partition coefficient (Wildman–Crippen LogP) is 16.4. The summed E-state index contributed by atoms with van der Waals surface area (Å²) in [4.78, 5) is 11.4. The molecule has 6 heteroatoms. The minimum Gasteiger partial charge on any atom is -0.501 e. The van der Waals surface area contributed by atoms with Crippen LogP contribution in [0.15, 0.2) is 150 Å². The quantitative estimate of drug-likeness (QED) is 0.149. The monoisotopic (exact) mass is 1050 g/mol. The Hall–Kier alpha value is -6.55. The molecule has 0 radical (unpaired) electrons. The zero-order chi connectivity index (χ0) is 44.8. The number of imidazole rings is 1. The molecule has 0 N–H and O–H groups in total. The number of aromatic nitrogens is 4. The third-order valence-electron chi connectivity index (χ3n) is 14.6. The van der Waals surface area contributed by atoms with Crippen LogP contribution in [-0.4, -0.2) is 19.1 Å². The van der Waals surface area contributed by atoms with Gasteiger partial charge in [0.2, 0.25) is 5.95 Å². The molecular formula is C61H52N4OPt. The van der Waals surface area contributed by atoms with Gasteiger partial charge in [0, 0.05) is 16.5 Å². The summed E-state index contributed by atoms with van der Waals surface area (Å²) in [6.07, 6.45) is 5.00. The molecule has 1 aliphatic rings. The predicted molar refractivity (Wildman–Crippen MR) is 273 cm³/mol. The average Bonchev–Trinajstić information content (AvgIpc) is 4.01. The molecule has 7 aromatic carbocycles. The number of fused-ring (bicyclic) bond motifs is 7. The Labute approximate surface area is 406 Å².